The molecule has 97 heavy (non-hydrogen) atoms. The van der Waals surface area contributed by atoms with Gasteiger partial charge in [-0.25, -0.2) is 14.8 Å². The minimum Gasteiger partial charge on any atom is -0.507 e. The van der Waals surface area contributed by atoms with Crippen molar-refractivity contribution in [1.82, 2.24) is 34.3 Å². The van der Waals surface area contributed by atoms with E-state index in [0.29, 0.717) is 23.5 Å². The first kappa shape index (κ1) is 72.2. The normalized spacial score (nSPS) is 23.7. The number of phenols is 2. The summed E-state index contributed by atoms with van der Waals surface area (Å²) in [4.78, 5) is 85.4. The molecule has 3 aliphatic heterocycles. The molecule has 516 valence electrons. The van der Waals surface area contributed by atoms with Crippen LogP contribution in [0.3, 0.4) is 0 Å². The Morgan fingerprint density at radius 3 is 2.20 bits per heavy atom. The number of hydrogen-bond donors (Lipinski definition) is 12. The van der Waals surface area contributed by atoms with Gasteiger partial charge in [-0.15, -0.1) is 0 Å². The summed E-state index contributed by atoms with van der Waals surface area (Å²) in [5.74, 6) is -2.79. The summed E-state index contributed by atoms with van der Waals surface area (Å²) in [6.07, 6.45) is -1.87. The molecule has 0 saturated carbocycles. The molecule has 3 saturated heterocycles. The van der Waals surface area contributed by atoms with Crippen molar-refractivity contribution in [3.05, 3.63) is 170 Å². The Kier molecular flexibility index (Phi) is 22.8. The van der Waals surface area contributed by atoms with Crippen LogP contribution in [-0.4, -0.2) is 208 Å². The number of hydrogen-bond acceptors (Lipinski definition) is 27. The van der Waals surface area contributed by atoms with Crippen LogP contribution in [0.1, 0.15) is 103 Å². The summed E-state index contributed by atoms with van der Waals surface area (Å²) in [5.41, 5.74) is 13.7. The number of fused-ring (bicyclic) bond motifs is 3. The summed E-state index contributed by atoms with van der Waals surface area (Å²) >= 11 is 0. The van der Waals surface area contributed by atoms with Gasteiger partial charge in [0.1, 0.15) is 47.0 Å². The molecule has 10 atom stereocenters. The highest BCUT2D eigenvalue weighted by Gasteiger charge is 2.50. The first-order valence-electron chi connectivity index (χ1n) is 30.6. The molecule has 4 aromatic carbocycles. The van der Waals surface area contributed by atoms with Crippen LogP contribution >= 0.6 is 0 Å². The molecule has 3 aromatic heterocycles. The fourth-order valence-corrected chi connectivity index (χ4v) is 11.7. The van der Waals surface area contributed by atoms with Gasteiger partial charge < -0.3 is 81.7 Å². The van der Waals surface area contributed by atoms with Gasteiger partial charge in [0.25, 0.3) is 16.0 Å². The summed E-state index contributed by atoms with van der Waals surface area (Å²) in [6.45, 7) is 9.57. The number of ketones is 3. The second kappa shape index (κ2) is 30.6. The maximum Gasteiger partial charge on any atom is 0.351 e. The van der Waals surface area contributed by atoms with Crippen molar-refractivity contribution in [3.8, 4) is 28.5 Å². The minimum atomic E-state index is -3.67. The smallest absolute Gasteiger partial charge is 0.351 e. The molecule has 6 heterocycles. The van der Waals surface area contributed by atoms with Crippen LogP contribution < -0.4 is 32.5 Å². The number of benzene rings is 4. The van der Waals surface area contributed by atoms with Gasteiger partial charge in [-0.05, 0) is 93.5 Å². The molecule has 0 bridgehead atoms. The van der Waals surface area contributed by atoms with E-state index in [1.54, 1.807) is 25.5 Å². The van der Waals surface area contributed by atoms with Gasteiger partial charge in [0.2, 0.25) is 11.7 Å². The number of carbonyl (C=O) groups is 4. The summed E-state index contributed by atoms with van der Waals surface area (Å²) in [7, 11) is -0.167. The zero-order valence-corrected chi connectivity index (χ0v) is 54.5. The lowest BCUT2D eigenvalue weighted by Gasteiger charge is -2.42. The van der Waals surface area contributed by atoms with Crippen molar-refractivity contribution in [2.24, 2.45) is 5.73 Å². The Hall–Kier alpha value is -9.06. The van der Waals surface area contributed by atoms with Crippen LogP contribution in [0.2, 0.25) is 0 Å². The maximum atomic E-state index is 13.6. The van der Waals surface area contributed by atoms with Crippen molar-refractivity contribution < 1.29 is 86.8 Å². The van der Waals surface area contributed by atoms with E-state index < -0.39 is 130 Å². The van der Waals surface area contributed by atoms with E-state index in [-0.39, 0.29) is 52.6 Å². The molecule has 7 aromatic rings. The van der Waals surface area contributed by atoms with Gasteiger partial charge in [-0.1, -0.05) is 30.3 Å². The average Bonchev–Trinajstić information content (AvgIpc) is 1.10. The van der Waals surface area contributed by atoms with Gasteiger partial charge in [0.05, 0.1) is 60.7 Å². The highest BCUT2D eigenvalue weighted by molar-refractivity contribution is 7.85. The number of aromatic nitrogens is 5. The number of piperazine rings is 1. The standard InChI is InChI=1S/C29H31N7O.C27H29NO10.C9H13N3O5.CH4O3S/c1-21-5-10-25(18-27(21)34-29-31-13-11-26(33-29)24-4-3-12-30-19-24)32-28(37)23-8-6-22(7-9-23)20-36-16-14-35(2)15-17-36;1-10-22(30)14(28)7-17(37-10)38-16-9-27(35,11(2)29)8-13-19(16)26(34)21-20(24(13)32)23(31)12-5-4-6-15(36-3)18(12)25(21)33;10-5-1-2-12(9(16)11-5)8-7(15)6(14)4(3-13)17-8;1-5(2,3)4/h3-13,18-19H,14-17,20H2,1-2H3,(H,32,37)(H,31,33,34);4-6,10,14,16-17,22,30,32,34-35H,7-9,28H2,1-3H3;1-2,4,6-8,13-15H,3H2,(H2,10,11,16);1H3,(H,2,3,4)/t;10-,14-,16-,17-,22+,27-;4-,6-,7+,8-;/m.01./s1. The lowest BCUT2D eigenvalue weighted by atomic mass is 9.72. The second-order valence-electron chi connectivity index (χ2n) is 24.0. The van der Waals surface area contributed by atoms with Crippen LogP contribution in [0.25, 0.3) is 11.3 Å². The first-order valence-corrected chi connectivity index (χ1v) is 32.5. The Bertz CT molecular complexity index is 4200. The average molecular weight is 1360 g/mol. The Balaban J connectivity index is 0.000000175. The molecular formula is C66H77N11O19S. The third kappa shape index (κ3) is 16.8. The number of anilines is 4. The number of phenolic OH excluding ortho intramolecular Hbond substituents is 2. The number of pyridine rings is 1. The number of nitrogens with one attached hydrogen (secondary N) is 2. The number of aryl methyl sites for hydroxylation is 1. The molecule has 2 aliphatic carbocycles. The van der Waals surface area contributed by atoms with E-state index in [9.17, 15) is 63.0 Å². The number of nitrogen functional groups attached to an aromatic ring is 1. The highest BCUT2D eigenvalue weighted by Crippen LogP contribution is 2.53. The molecule has 0 unspecified atom stereocenters. The molecule has 3 fully saturated rings. The van der Waals surface area contributed by atoms with Gasteiger partial charge >= 0.3 is 5.69 Å². The predicted molar refractivity (Wildman–Crippen MR) is 351 cm³/mol. The number of aliphatic hydroxyl groups excluding tert-OH is 4. The van der Waals surface area contributed by atoms with Crippen molar-refractivity contribution in [1.29, 1.82) is 0 Å². The van der Waals surface area contributed by atoms with Gasteiger partial charge in [-0.2, -0.15) is 13.4 Å². The Morgan fingerprint density at radius 2 is 1.57 bits per heavy atom. The predicted octanol–water partition coefficient (Wildman–Crippen LogP) is 2.56. The molecule has 1 amide bonds. The molecule has 31 heteroatoms. The number of amides is 1. The van der Waals surface area contributed by atoms with E-state index in [2.05, 4.69) is 47.4 Å². The van der Waals surface area contributed by atoms with Gasteiger partial charge in [-0.3, -0.25) is 38.2 Å². The third-order valence-electron chi connectivity index (χ3n) is 17.0. The number of likely N-dealkylation sites (N-methyl/N-ethyl adjacent to an activating group) is 1. The van der Waals surface area contributed by atoms with Crippen LogP contribution in [0.5, 0.6) is 17.2 Å². The van der Waals surface area contributed by atoms with Crippen molar-refractivity contribution in [3.63, 3.8) is 0 Å². The number of nitrogens with two attached hydrogens (primary N) is 2. The fraction of sp³-hybridized carbons (Fsp3) is 0.379. The monoisotopic (exact) mass is 1360 g/mol. The highest BCUT2D eigenvalue weighted by atomic mass is 32.2. The molecule has 0 radical (unpaired) electrons. The van der Waals surface area contributed by atoms with E-state index in [4.69, 9.17) is 40.1 Å². The maximum absolute atomic E-state index is 13.6. The van der Waals surface area contributed by atoms with Crippen LogP contribution in [0.15, 0.2) is 115 Å². The number of methoxy groups -OCH3 is 1. The lowest BCUT2D eigenvalue weighted by Crippen LogP contribution is -2.52. The fourth-order valence-electron chi connectivity index (χ4n) is 11.7. The van der Waals surface area contributed by atoms with Gasteiger partial charge in [0, 0.05) is 122 Å². The number of aliphatic hydroxyl groups is 5. The molecule has 5 aliphatic rings. The van der Waals surface area contributed by atoms with E-state index >= 15 is 0 Å². The number of ether oxygens (including phenoxy) is 4. The SMILES string of the molecule is COc1cccc2c1C(=O)c1c(O)c3c(c(O)c1C2=O)C[C@@](O)(C(C)=O)C[C@@H]3O[C@H]1C[C@H](N)[C@H](O)[C@H](C)O1.CS(=O)(=O)O.Cc1ccc(NC(=O)c2ccc(CN3CCN(C)CC3)cc2)cc1Nc1nccc(-c2cccnc2)n1.Nc1ccn([C@@H]2O[C@H](CO)[C@@H](O)[C@@H]2O)c(=O)n1. The van der Waals surface area contributed by atoms with Crippen LogP contribution in [0.4, 0.5) is 23.1 Å². The topological polar surface area (TPSA) is 457 Å². The van der Waals surface area contributed by atoms with Crippen molar-refractivity contribution in [2.45, 2.75) is 107 Å². The van der Waals surface area contributed by atoms with Crippen LogP contribution in [0, 0.1) is 6.92 Å². The van der Waals surface area contributed by atoms with Crippen molar-refractivity contribution >= 4 is 56.5 Å². The zero-order valence-electron chi connectivity index (χ0n) is 53.7. The molecule has 12 rings (SSSR count). The Labute approximate surface area is 556 Å². The summed E-state index contributed by atoms with van der Waals surface area (Å²) in [5, 5.41) is 78.6. The quantitative estimate of drug-likeness (QED) is 0.0583. The number of rotatable bonds is 13. The largest absolute Gasteiger partial charge is 0.507 e. The van der Waals surface area contributed by atoms with E-state index in [0.717, 1.165) is 59.8 Å². The van der Waals surface area contributed by atoms with E-state index in [1.165, 1.54) is 50.1 Å². The molecule has 14 N–H and O–H groups in total. The first-order chi connectivity index (χ1) is 46.0. The summed E-state index contributed by atoms with van der Waals surface area (Å²) < 4.78 is 49.1. The number of aromatic hydroxyl groups is 2. The lowest BCUT2D eigenvalue weighted by molar-refractivity contribution is -0.247. The molecule has 0 spiro atoms. The van der Waals surface area contributed by atoms with Crippen molar-refractivity contribution in [2.75, 3.05) is 69.6 Å². The molecule has 30 nitrogen and oxygen atoms in total. The number of Topliss-reactive ketones (excluding diaryl/α,β-unsaturated/α-hetero) is 1. The van der Waals surface area contributed by atoms with E-state index in [1.807, 2.05) is 67.6 Å². The minimum absolute atomic E-state index is 0.0147. The molecular weight excluding hydrogens is 1280 g/mol. The summed E-state index contributed by atoms with van der Waals surface area (Å²) in [6, 6.07) is 24.4. The second-order valence-corrected chi connectivity index (χ2v) is 25.5. The number of nitrogens with zero attached hydrogens (tertiary/aromatic N) is 7. The Morgan fingerprint density at radius 1 is 0.866 bits per heavy atom. The number of carbonyl (C=O) groups excluding carboxylic acids is 4. The van der Waals surface area contributed by atoms with Crippen LogP contribution in [-0.2, 0) is 42.1 Å². The zero-order chi connectivity index (χ0) is 70.4. The van der Waals surface area contributed by atoms with Gasteiger partial charge in [0.15, 0.2) is 24.1 Å². The third-order valence-corrected chi connectivity index (χ3v) is 17.0.